The van der Waals surface area contributed by atoms with Crippen LogP contribution in [0.15, 0.2) is 30.7 Å². The maximum Gasteiger partial charge on any atom is 0.159 e. The van der Waals surface area contributed by atoms with Crippen LogP contribution in [0.2, 0.25) is 0 Å². The molecule has 0 spiro atoms. The van der Waals surface area contributed by atoms with Crippen LogP contribution in [-0.4, -0.2) is 33.8 Å². The molecular formula is C20H22N4O. The van der Waals surface area contributed by atoms with Crippen LogP contribution >= 0.6 is 0 Å². The molecule has 2 aliphatic rings. The van der Waals surface area contributed by atoms with Crippen molar-refractivity contribution in [3.05, 3.63) is 30.7 Å². The van der Waals surface area contributed by atoms with E-state index in [1.54, 1.807) is 0 Å². The Bertz CT molecular complexity index is 943. The number of hydrogen-bond donors (Lipinski definition) is 1. The Balaban J connectivity index is 1.51. The molecule has 5 heteroatoms. The van der Waals surface area contributed by atoms with Gasteiger partial charge in [-0.3, -0.25) is 4.79 Å². The molecule has 0 amide bonds. The fourth-order valence-corrected chi connectivity index (χ4v) is 4.13. The second kappa shape index (κ2) is 5.83. The van der Waals surface area contributed by atoms with E-state index in [4.69, 9.17) is 0 Å². The van der Waals surface area contributed by atoms with Gasteiger partial charge in [0.15, 0.2) is 5.65 Å². The highest BCUT2D eigenvalue weighted by Gasteiger charge is 2.31. The number of Topliss-reactive ketones (excluding diaryl/α,β-unsaturated/α-hetero) is 1. The van der Waals surface area contributed by atoms with E-state index in [1.807, 2.05) is 24.7 Å². The van der Waals surface area contributed by atoms with E-state index in [-0.39, 0.29) is 5.92 Å². The summed E-state index contributed by atoms with van der Waals surface area (Å²) in [5, 5.41) is 2.25. The van der Waals surface area contributed by atoms with Gasteiger partial charge in [0.1, 0.15) is 5.78 Å². The van der Waals surface area contributed by atoms with Crippen LogP contribution in [0.1, 0.15) is 32.1 Å². The zero-order valence-electron chi connectivity index (χ0n) is 14.2. The molecule has 1 saturated heterocycles. The molecule has 2 fully saturated rings. The lowest BCUT2D eigenvalue weighted by atomic mass is 9.90. The summed E-state index contributed by atoms with van der Waals surface area (Å²) in [6, 6.07) is 4.16. The van der Waals surface area contributed by atoms with Gasteiger partial charge in [-0.2, -0.15) is 0 Å². The minimum absolute atomic E-state index is 0.184. The summed E-state index contributed by atoms with van der Waals surface area (Å²) < 4.78 is 0. The number of nitrogens with zero attached hydrogens (tertiary/aromatic N) is 3. The second-order valence-corrected chi connectivity index (χ2v) is 7.49. The number of hydrogen-bond acceptors (Lipinski definition) is 4. The van der Waals surface area contributed by atoms with E-state index in [0.29, 0.717) is 11.7 Å². The van der Waals surface area contributed by atoms with E-state index in [9.17, 15) is 4.79 Å². The van der Waals surface area contributed by atoms with Crippen molar-refractivity contribution < 1.29 is 4.79 Å². The summed E-state index contributed by atoms with van der Waals surface area (Å²) in [7, 11) is 0. The van der Waals surface area contributed by atoms with Crippen LogP contribution in [0, 0.1) is 11.8 Å². The van der Waals surface area contributed by atoms with E-state index in [0.717, 1.165) is 48.9 Å². The smallest absolute Gasteiger partial charge is 0.159 e. The number of carbonyl (C=O) groups excluding carboxylic acids is 1. The van der Waals surface area contributed by atoms with Gasteiger partial charge in [0.25, 0.3) is 0 Å². The number of anilines is 1. The molecule has 1 aliphatic carbocycles. The van der Waals surface area contributed by atoms with Gasteiger partial charge in [0.05, 0.1) is 11.7 Å². The minimum Gasteiger partial charge on any atom is -0.370 e. The van der Waals surface area contributed by atoms with Gasteiger partial charge in [-0.1, -0.05) is 0 Å². The lowest BCUT2D eigenvalue weighted by molar-refractivity contribution is -0.123. The third-order valence-corrected chi connectivity index (χ3v) is 5.67. The van der Waals surface area contributed by atoms with Crippen molar-refractivity contribution in [3.63, 3.8) is 0 Å². The largest absolute Gasteiger partial charge is 0.370 e. The number of piperidine rings is 1. The summed E-state index contributed by atoms with van der Waals surface area (Å²) in [4.78, 5) is 27.1. The van der Waals surface area contributed by atoms with Crippen LogP contribution in [0.4, 0.5) is 5.69 Å². The SMILES string of the molecule is O=C(CC1CC1)[C@H]1CCCN(c2cc[nH]c3cnc4nccc4c23)C1. The molecule has 4 heterocycles. The van der Waals surface area contributed by atoms with Gasteiger partial charge in [-0.05, 0) is 43.7 Å². The molecule has 0 aromatic carbocycles. The molecular weight excluding hydrogens is 312 g/mol. The number of aromatic nitrogens is 3. The lowest BCUT2D eigenvalue weighted by Gasteiger charge is -2.34. The average Bonchev–Trinajstić information content (AvgIpc) is 3.33. The first-order valence-electron chi connectivity index (χ1n) is 9.28. The van der Waals surface area contributed by atoms with Gasteiger partial charge < -0.3 is 9.88 Å². The van der Waals surface area contributed by atoms with E-state index < -0.39 is 0 Å². The lowest BCUT2D eigenvalue weighted by Crippen LogP contribution is -2.39. The Hall–Kier alpha value is -2.43. The van der Waals surface area contributed by atoms with Gasteiger partial charge in [-0.25, -0.2) is 9.97 Å². The van der Waals surface area contributed by atoms with Crippen LogP contribution < -0.4 is 4.90 Å². The number of rotatable bonds is 4. The van der Waals surface area contributed by atoms with Crippen LogP contribution in [0.3, 0.4) is 0 Å². The summed E-state index contributed by atoms with van der Waals surface area (Å²) in [5.74, 6) is 1.33. The number of pyridine rings is 2. The van der Waals surface area contributed by atoms with Gasteiger partial charge in [-0.15, -0.1) is 0 Å². The van der Waals surface area contributed by atoms with Crippen LogP contribution in [-0.2, 0) is 4.79 Å². The molecule has 25 heavy (non-hydrogen) atoms. The number of carbonyl (C=O) groups is 1. The Morgan fingerprint density at radius 2 is 2.16 bits per heavy atom. The molecule has 1 saturated carbocycles. The number of ketones is 1. The monoisotopic (exact) mass is 334 g/mol. The van der Waals surface area contributed by atoms with Crippen molar-refractivity contribution in [3.8, 4) is 0 Å². The van der Waals surface area contributed by atoms with E-state index >= 15 is 0 Å². The molecule has 1 N–H and O–H groups in total. The van der Waals surface area contributed by atoms with Crippen molar-refractivity contribution in [2.75, 3.05) is 18.0 Å². The average molecular weight is 334 g/mol. The molecule has 5 nitrogen and oxygen atoms in total. The maximum absolute atomic E-state index is 12.6. The number of nitrogens with one attached hydrogen (secondary N) is 1. The highest BCUT2D eigenvalue weighted by molar-refractivity contribution is 6.10. The fraction of sp³-hybridized carbons (Fsp3) is 0.450. The van der Waals surface area contributed by atoms with Crippen molar-refractivity contribution in [2.24, 2.45) is 11.8 Å². The van der Waals surface area contributed by atoms with Crippen molar-refractivity contribution in [2.45, 2.75) is 32.1 Å². The van der Waals surface area contributed by atoms with Crippen molar-refractivity contribution >= 4 is 33.4 Å². The molecule has 0 bridgehead atoms. The topological polar surface area (TPSA) is 61.9 Å². The molecule has 5 rings (SSSR count). The summed E-state index contributed by atoms with van der Waals surface area (Å²) in [6.45, 7) is 1.84. The van der Waals surface area contributed by atoms with E-state index in [2.05, 4.69) is 25.9 Å². The Labute approximate surface area is 146 Å². The molecule has 128 valence electrons. The highest BCUT2D eigenvalue weighted by Crippen LogP contribution is 2.36. The minimum atomic E-state index is 0.184. The zero-order chi connectivity index (χ0) is 16.8. The molecule has 1 aliphatic heterocycles. The molecule has 3 aromatic rings. The zero-order valence-corrected chi connectivity index (χ0v) is 14.2. The normalized spacial score (nSPS) is 21.1. The van der Waals surface area contributed by atoms with Gasteiger partial charge in [0, 0.05) is 54.3 Å². The van der Waals surface area contributed by atoms with Crippen LogP contribution in [0.25, 0.3) is 21.9 Å². The first-order chi connectivity index (χ1) is 12.3. The fourth-order valence-electron chi connectivity index (χ4n) is 4.13. The summed E-state index contributed by atoms with van der Waals surface area (Å²) >= 11 is 0. The quantitative estimate of drug-likeness (QED) is 0.790. The first-order valence-corrected chi connectivity index (χ1v) is 9.28. The molecule has 0 radical (unpaired) electrons. The predicted octanol–water partition coefficient (Wildman–Crippen LogP) is 3.70. The third-order valence-electron chi connectivity index (χ3n) is 5.67. The Morgan fingerprint density at radius 1 is 1.24 bits per heavy atom. The van der Waals surface area contributed by atoms with Gasteiger partial charge in [0.2, 0.25) is 0 Å². The second-order valence-electron chi connectivity index (χ2n) is 7.49. The number of H-pyrrole nitrogens is 1. The Kier molecular flexibility index (Phi) is 3.47. The summed E-state index contributed by atoms with van der Waals surface area (Å²) in [6.07, 6.45) is 11.0. The standard InChI is InChI=1S/C20H22N4O/c25-18(10-13-3-4-13)14-2-1-9-24(12-14)17-6-8-21-16-11-23-20-15(19(16)17)5-7-22-20/h5-8,11,13-14,21H,1-4,9-10,12H2/t14-/m0/s1. The van der Waals surface area contributed by atoms with Gasteiger partial charge >= 0.3 is 0 Å². The summed E-state index contributed by atoms with van der Waals surface area (Å²) in [5.41, 5.74) is 2.99. The first kappa shape index (κ1) is 14.9. The maximum atomic E-state index is 12.6. The molecule has 3 aromatic heterocycles. The molecule has 0 unspecified atom stereocenters. The third kappa shape index (κ3) is 2.68. The van der Waals surface area contributed by atoms with Crippen molar-refractivity contribution in [1.82, 2.24) is 15.0 Å². The molecule has 1 atom stereocenters. The number of aromatic amines is 1. The Morgan fingerprint density at radius 3 is 3.04 bits per heavy atom. The highest BCUT2D eigenvalue weighted by atomic mass is 16.1. The van der Waals surface area contributed by atoms with Crippen LogP contribution in [0.5, 0.6) is 0 Å². The van der Waals surface area contributed by atoms with E-state index in [1.165, 1.54) is 23.9 Å². The predicted molar refractivity (Wildman–Crippen MR) is 98.7 cm³/mol. The van der Waals surface area contributed by atoms with Crippen molar-refractivity contribution in [1.29, 1.82) is 0 Å². The number of fused-ring (bicyclic) bond motifs is 3.